The summed E-state index contributed by atoms with van der Waals surface area (Å²) in [6.45, 7) is 6.32. The third-order valence-electron chi connectivity index (χ3n) is 6.41. The van der Waals surface area contributed by atoms with Gasteiger partial charge in [-0.05, 0) is 44.3 Å². The van der Waals surface area contributed by atoms with Crippen LogP contribution < -0.4 is 0 Å². The minimum atomic E-state index is 0.235. The molecule has 3 fully saturated rings. The van der Waals surface area contributed by atoms with E-state index < -0.39 is 0 Å². The molecule has 1 saturated carbocycles. The molecule has 4 heteroatoms. The Morgan fingerprint density at radius 3 is 2.52 bits per heavy atom. The van der Waals surface area contributed by atoms with Gasteiger partial charge in [-0.3, -0.25) is 9.69 Å². The Kier molecular flexibility index (Phi) is 5.09. The molecule has 0 N–H and O–H groups in total. The lowest BCUT2D eigenvalue weighted by atomic mass is 10.0. The van der Waals surface area contributed by atoms with Crippen LogP contribution in [0.5, 0.6) is 0 Å². The number of amides is 1. The number of hydrogen-bond donors (Lipinski definition) is 0. The molecule has 0 unspecified atom stereocenters. The van der Waals surface area contributed by atoms with Gasteiger partial charge in [0.05, 0.1) is 0 Å². The van der Waals surface area contributed by atoms with Gasteiger partial charge < -0.3 is 9.80 Å². The fourth-order valence-electron chi connectivity index (χ4n) is 4.59. The summed E-state index contributed by atoms with van der Waals surface area (Å²) >= 11 is 0. The Morgan fingerprint density at radius 2 is 1.80 bits per heavy atom. The maximum Gasteiger partial charge on any atom is 0.226 e. The molecule has 1 aromatic rings. The normalized spacial score (nSPS) is 31.1. The van der Waals surface area contributed by atoms with Crippen molar-refractivity contribution in [3.8, 4) is 0 Å². The summed E-state index contributed by atoms with van der Waals surface area (Å²) in [5.41, 5.74) is 1.33. The second-order valence-electron chi connectivity index (χ2n) is 8.12. The summed E-state index contributed by atoms with van der Waals surface area (Å²) in [6, 6.07) is 11.2. The maximum absolute atomic E-state index is 12.8. The van der Waals surface area contributed by atoms with Gasteiger partial charge in [-0.15, -0.1) is 0 Å². The molecular weight excluding hydrogens is 310 g/mol. The van der Waals surface area contributed by atoms with Gasteiger partial charge in [0.2, 0.25) is 5.91 Å². The second kappa shape index (κ2) is 7.46. The molecule has 3 atom stereocenters. The molecule has 0 radical (unpaired) electrons. The van der Waals surface area contributed by atoms with Crippen LogP contribution in [-0.4, -0.2) is 73.0 Å². The Morgan fingerprint density at radius 1 is 1.04 bits per heavy atom. The first-order valence-corrected chi connectivity index (χ1v) is 9.98. The van der Waals surface area contributed by atoms with E-state index in [4.69, 9.17) is 0 Å². The van der Waals surface area contributed by atoms with Crippen LogP contribution in [0.2, 0.25) is 0 Å². The molecule has 2 saturated heterocycles. The van der Waals surface area contributed by atoms with Gasteiger partial charge in [-0.25, -0.2) is 0 Å². The Labute approximate surface area is 151 Å². The first-order valence-electron chi connectivity index (χ1n) is 9.98. The van der Waals surface area contributed by atoms with E-state index in [1.165, 1.54) is 37.9 Å². The molecule has 2 aliphatic heterocycles. The van der Waals surface area contributed by atoms with E-state index in [0.29, 0.717) is 17.9 Å². The second-order valence-corrected chi connectivity index (χ2v) is 8.12. The highest BCUT2D eigenvalue weighted by Crippen LogP contribution is 2.48. The summed E-state index contributed by atoms with van der Waals surface area (Å²) in [5, 5.41) is 0. The molecule has 4 rings (SSSR count). The Hall–Kier alpha value is -1.39. The SMILES string of the molecule is CN1CCCC[C@@H]1CN1CCN(C(=O)[C@@H]2C[C@H]2c2ccccc2)CC1. The van der Waals surface area contributed by atoms with Crippen LogP contribution >= 0.6 is 0 Å². The fourth-order valence-corrected chi connectivity index (χ4v) is 4.59. The summed E-state index contributed by atoms with van der Waals surface area (Å²) in [5.74, 6) is 1.09. The average Bonchev–Trinajstić information content (AvgIpc) is 3.45. The number of hydrogen-bond acceptors (Lipinski definition) is 3. The van der Waals surface area contributed by atoms with Crippen molar-refractivity contribution >= 4 is 5.91 Å². The largest absolute Gasteiger partial charge is 0.340 e. The van der Waals surface area contributed by atoms with E-state index in [1.54, 1.807) is 0 Å². The van der Waals surface area contributed by atoms with Gasteiger partial charge >= 0.3 is 0 Å². The van der Waals surface area contributed by atoms with E-state index in [9.17, 15) is 4.79 Å². The zero-order valence-electron chi connectivity index (χ0n) is 15.4. The molecule has 1 aromatic carbocycles. The molecule has 1 aliphatic carbocycles. The van der Waals surface area contributed by atoms with Gasteiger partial charge in [0, 0.05) is 44.7 Å². The molecule has 25 heavy (non-hydrogen) atoms. The van der Waals surface area contributed by atoms with Crippen LogP contribution in [0.25, 0.3) is 0 Å². The first-order chi connectivity index (χ1) is 12.2. The Balaban J connectivity index is 1.24. The molecule has 3 aliphatic rings. The lowest BCUT2D eigenvalue weighted by Gasteiger charge is -2.40. The third kappa shape index (κ3) is 3.90. The van der Waals surface area contributed by atoms with Gasteiger partial charge in [0.1, 0.15) is 0 Å². The highest BCUT2D eigenvalue weighted by Gasteiger charge is 2.46. The van der Waals surface area contributed by atoms with Crippen molar-refractivity contribution in [3.05, 3.63) is 35.9 Å². The number of rotatable bonds is 4. The first kappa shape index (κ1) is 17.0. The minimum absolute atomic E-state index is 0.235. The van der Waals surface area contributed by atoms with Crippen LogP contribution in [-0.2, 0) is 4.79 Å². The van der Waals surface area contributed by atoms with Crippen LogP contribution in [0, 0.1) is 5.92 Å². The standard InChI is InChI=1S/C21H31N3O/c1-22-10-6-5-9-18(22)16-23-11-13-24(14-12-23)21(25)20-15-19(20)17-7-3-2-4-8-17/h2-4,7-8,18-20H,5-6,9-16H2,1H3/t18-,19+,20-/m1/s1. The van der Waals surface area contributed by atoms with Crippen LogP contribution in [0.3, 0.4) is 0 Å². The van der Waals surface area contributed by atoms with Crippen LogP contribution in [0.15, 0.2) is 30.3 Å². The topological polar surface area (TPSA) is 26.8 Å². The van der Waals surface area contributed by atoms with Crippen molar-refractivity contribution in [2.24, 2.45) is 5.92 Å². The number of piperazine rings is 1. The lowest BCUT2D eigenvalue weighted by Crippen LogP contribution is -2.53. The molecule has 136 valence electrons. The van der Waals surface area contributed by atoms with E-state index in [-0.39, 0.29) is 5.92 Å². The molecule has 0 aromatic heterocycles. The highest BCUT2D eigenvalue weighted by molar-refractivity contribution is 5.83. The van der Waals surface area contributed by atoms with E-state index >= 15 is 0 Å². The lowest BCUT2D eigenvalue weighted by molar-refractivity contribution is -0.134. The minimum Gasteiger partial charge on any atom is -0.340 e. The van der Waals surface area contributed by atoms with Gasteiger partial charge in [0.15, 0.2) is 0 Å². The summed E-state index contributed by atoms with van der Waals surface area (Å²) in [4.78, 5) is 20.0. The van der Waals surface area contributed by atoms with Gasteiger partial charge in [-0.1, -0.05) is 36.8 Å². The highest BCUT2D eigenvalue weighted by atomic mass is 16.2. The summed E-state index contributed by atoms with van der Waals surface area (Å²) in [6.07, 6.45) is 5.08. The third-order valence-corrected chi connectivity index (χ3v) is 6.41. The molecule has 0 spiro atoms. The number of likely N-dealkylation sites (tertiary alicyclic amines) is 1. The summed E-state index contributed by atoms with van der Waals surface area (Å²) in [7, 11) is 2.26. The van der Waals surface area contributed by atoms with Crippen LogP contribution in [0.1, 0.15) is 37.2 Å². The van der Waals surface area contributed by atoms with Crippen molar-refractivity contribution in [2.45, 2.75) is 37.6 Å². The van der Waals surface area contributed by atoms with Crippen molar-refractivity contribution in [3.63, 3.8) is 0 Å². The predicted octanol–water partition coefficient (Wildman–Crippen LogP) is 2.42. The van der Waals surface area contributed by atoms with Crippen LogP contribution in [0.4, 0.5) is 0 Å². The number of benzene rings is 1. The smallest absolute Gasteiger partial charge is 0.226 e. The molecule has 0 bridgehead atoms. The van der Waals surface area contributed by atoms with Crippen molar-refractivity contribution in [1.82, 2.24) is 14.7 Å². The Bertz CT molecular complexity index is 582. The van der Waals surface area contributed by atoms with E-state index in [1.807, 2.05) is 6.07 Å². The number of nitrogens with zero attached hydrogens (tertiary/aromatic N) is 3. The molecular formula is C21H31N3O. The summed E-state index contributed by atoms with van der Waals surface area (Å²) < 4.78 is 0. The maximum atomic E-state index is 12.8. The van der Waals surface area contributed by atoms with Gasteiger partial charge in [0.25, 0.3) is 0 Å². The number of carbonyl (C=O) groups excluding carboxylic acids is 1. The average molecular weight is 341 g/mol. The van der Waals surface area contributed by atoms with Crippen molar-refractivity contribution in [2.75, 3.05) is 46.3 Å². The fraction of sp³-hybridized carbons (Fsp3) is 0.667. The predicted molar refractivity (Wildman–Crippen MR) is 101 cm³/mol. The van der Waals surface area contributed by atoms with Crippen molar-refractivity contribution in [1.29, 1.82) is 0 Å². The van der Waals surface area contributed by atoms with E-state index in [0.717, 1.165) is 32.6 Å². The monoisotopic (exact) mass is 341 g/mol. The molecule has 1 amide bonds. The zero-order valence-corrected chi connectivity index (χ0v) is 15.4. The molecule has 2 heterocycles. The quantitative estimate of drug-likeness (QED) is 0.841. The zero-order chi connectivity index (χ0) is 17.2. The van der Waals surface area contributed by atoms with Crippen molar-refractivity contribution < 1.29 is 4.79 Å². The number of likely N-dealkylation sites (N-methyl/N-ethyl adjacent to an activating group) is 1. The van der Waals surface area contributed by atoms with E-state index in [2.05, 4.69) is 46.0 Å². The van der Waals surface area contributed by atoms with Gasteiger partial charge in [-0.2, -0.15) is 0 Å². The number of carbonyl (C=O) groups is 1. The number of piperidine rings is 1. The molecule has 4 nitrogen and oxygen atoms in total.